The quantitative estimate of drug-likeness (QED) is 0.814. The molecular formula is C15H22O2S. The average molecular weight is 266 g/mol. The summed E-state index contributed by atoms with van der Waals surface area (Å²) in [4.78, 5) is 0. The molecule has 18 heavy (non-hydrogen) atoms. The highest BCUT2D eigenvalue weighted by Crippen LogP contribution is 2.29. The Labute approximate surface area is 114 Å². The highest BCUT2D eigenvalue weighted by Gasteiger charge is 2.23. The van der Waals surface area contributed by atoms with Crippen LogP contribution in [0.15, 0.2) is 24.3 Å². The van der Waals surface area contributed by atoms with E-state index in [-0.39, 0.29) is 0 Å². The van der Waals surface area contributed by atoms with Gasteiger partial charge < -0.3 is 9.84 Å². The van der Waals surface area contributed by atoms with Crippen LogP contribution in [-0.4, -0.2) is 22.2 Å². The largest absolute Gasteiger partial charge is 0.490 e. The molecule has 2 nitrogen and oxygen atoms in total. The molecule has 1 aliphatic rings. The van der Waals surface area contributed by atoms with Crippen LogP contribution in [0.2, 0.25) is 0 Å². The van der Waals surface area contributed by atoms with E-state index in [2.05, 4.69) is 13.8 Å². The third-order valence-electron chi connectivity index (χ3n) is 3.18. The zero-order valence-corrected chi connectivity index (χ0v) is 12.0. The number of benzene rings is 1. The van der Waals surface area contributed by atoms with Crippen molar-refractivity contribution in [2.45, 2.75) is 50.6 Å². The molecule has 1 fully saturated rings. The zero-order valence-electron chi connectivity index (χ0n) is 11.1. The monoisotopic (exact) mass is 266 g/mol. The smallest absolute Gasteiger partial charge is 0.120 e. The predicted molar refractivity (Wildman–Crippen MR) is 77.3 cm³/mol. The Morgan fingerprint density at radius 1 is 1.44 bits per heavy atom. The first-order valence-corrected chi connectivity index (χ1v) is 7.80. The van der Waals surface area contributed by atoms with Gasteiger partial charge in [-0.25, -0.2) is 0 Å². The molecule has 0 amide bonds. The maximum absolute atomic E-state index is 10.2. The van der Waals surface area contributed by atoms with Crippen molar-refractivity contribution in [3.63, 3.8) is 0 Å². The Bertz CT molecular complexity index is 377. The van der Waals surface area contributed by atoms with Gasteiger partial charge in [0.1, 0.15) is 5.75 Å². The van der Waals surface area contributed by atoms with Crippen molar-refractivity contribution in [3.05, 3.63) is 29.8 Å². The van der Waals surface area contributed by atoms with Gasteiger partial charge in [0.15, 0.2) is 0 Å². The molecule has 1 N–H and O–H groups in total. The molecule has 2 unspecified atom stereocenters. The van der Waals surface area contributed by atoms with Gasteiger partial charge in [-0.05, 0) is 37.0 Å². The number of aliphatic hydroxyl groups excluding tert-OH is 1. The Kier molecular flexibility index (Phi) is 4.95. The number of rotatable bonds is 7. The van der Waals surface area contributed by atoms with Gasteiger partial charge in [0.2, 0.25) is 0 Å². The molecule has 2 atom stereocenters. The number of ether oxygens (including phenoxy) is 1. The van der Waals surface area contributed by atoms with E-state index in [9.17, 15) is 5.11 Å². The summed E-state index contributed by atoms with van der Waals surface area (Å²) in [5, 5.41) is 10.8. The summed E-state index contributed by atoms with van der Waals surface area (Å²) in [6.07, 6.45) is 3.48. The molecule has 0 bridgehead atoms. The molecule has 0 aliphatic heterocycles. The number of thioether (sulfide) groups is 1. The highest BCUT2D eigenvalue weighted by molar-refractivity contribution is 7.99. The Hall–Kier alpha value is -0.670. The van der Waals surface area contributed by atoms with Crippen molar-refractivity contribution in [2.75, 3.05) is 5.75 Å². The van der Waals surface area contributed by atoms with Crippen LogP contribution in [0.5, 0.6) is 5.75 Å². The summed E-state index contributed by atoms with van der Waals surface area (Å²) >= 11 is 1.82. The fraction of sp³-hybridized carbons (Fsp3) is 0.600. The fourth-order valence-corrected chi connectivity index (χ4v) is 2.58. The lowest BCUT2D eigenvalue weighted by Crippen LogP contribution is -2.05. The lowest BCUT2D eigenvalue weighted by molar-refractivity contribution is 0.203. The second-order valence-electron chi connectivity index (χ2n) is 4.96. The van der Waals surface area contributed by atoms with Gasteiger partial charge in [-0.1, -0.05) is 26.0 Å². The van der Waals surface area contributed by atoms with Crippen LogP contribution in [0, 0.1) is 0 Å². The summed E-state index contributed by atoms with van der Waals surface area (Å²) in [5.41, 5.74) is 0.962. The first kappa shape index (κ1) is 13.8. The molecule has 1 saturated carbocycles. The number of aliphatic hydroxyl groups is 1. The SMILES string of the molecule is CCC(C)SCC(O)c1cccc(OC2CC2)c1. The van der Waals surface area contributed by atoms with Gasteiger partial charge in [-0.2, -0.15) is 11.8 Å². The average Bonchev–Trinajstić information content (AvgIpc) is 3.19. The lowest BCUT2D eigenvalue weighted by atomic mass is 10.1. The van der Waals surface area contributed by atoms with E-state index in [0.717, 1.165) is 36.3 Å². The molecule has 0 heterocycles. The normalized spacial score (nSPS) is 18.4. The van der Waals surface area contributed by atoms with Crippen LogP contribution < -0.4 is 4.74 Å². The van der Waals surface area contributed by atoms with Crippen LogP contribution >= 0.6 is 11.8 Å². The van der Waals surface area contributed by atoms with Gasteiger partial charge in [-0.3, -0.25) is 0 Å². The van der Waals surface area contributed by atoms with Crippen LogP contribution in [0.3, 0.4) is 0 Å². The van der Waals surface area contributed by atoms with E-state index in [1.54, 1.807) is 0 Å². The van der Waals surface area contributed by atoms with Crippen molar-refractivity contribution in [2.24, 2.45) is 0 Å². The van der Waals surface area contributed by atoms with Gasteiger partial charge in [0.05, 0.1) is 12.2 Å². The van der Waals surface area contributed by atoms with Crippen molar-refractivity contribution >= 4 is 11.8 Å². The maximum Gasteiger partial charge on any atom is 0.120 e. The first-order chi connectivity index (χ1) is 8.69. The molecule has 1 aliphatic carbocycles. The molecule has 2 rings (SSSR count). The van der Waals surface area contributed by atoms with Crippen molar-refractivity contribution in [1.29, 1.82) is 0 Å². The standard InChI is InChI=1S/C15H22O2S/c1-3-11(2)18-10-15(16)12-5-4-6-14(9-12)17-13-7-8-13/h4-6,9,11,13,15-16H,3,7-8,10H2,1-2H3. The summed E-state index contributed by atoms with van der Waals surface area (Å²) in [7, 11) is 0. The third-order valence-corrected chi connectivity index (χ3v) is 4.59. The van der Waals surface area contributed by atoms with Gasteiger partial charge >= 0.3 is 0 Å². The van der Waals surface area contributed by atoms with Crippen molar-refractivity contribution in [3.8, 4) is 5.75 Å². The molecule has 1 aromatic carbocycles. The minimum absolute atomic E-state index is 0.397. The molecule has 0 spiro atoms. The fourth-order valence-electron chi connectivity index (χ4n) is 1.64. The van der Waals surface area contributed by atoms with Crippen LogP contribution in [0.4, 0.5) is 0 Å². The molecule has 0 radical (unpaired) electrons. The minimum atomic E-state index is -0.397. The topological polar surface area (TPSA) is 29.5 Å². The summed E-state index contributed by atoms with van der Waals surface area (Å²) in [6, 6.07) is 7.88. The first-order valence-electron chi connectivity index (χ1n) is 6.75. The second-order valence-corrected chi connectivity index (χ2v) is 6.43. The molecular weight excluding hydrogens is 244 g/mol. The van der Waals surface area contributed by atoms with Crippen LogP contribution in [0.1, 0.15) is 44.8 Å². The number of hydrogen-bond donors (Lipinski definition) is 1. The van der Waals surface area contributed by atoms with E-state index in [4.69, 9.17) is 4.74 Å². The predicted octanol–water partition coefficient (Wildman–Crippen LogP) is 3.79. The Morgan fingerprint density at radius 3 is 2.89 bits per heavy atom. The molecule has 0 aromatic heterocycles. The highest BCUT2D eigenvalue weighted by atomic mass is 32.2. The molecule has 0 saturated heterocycles. The van der Waals surface area contributed by atoms with E-state index in [0.29, 0.717) is 11.4 Å². The lowest BCUT2D eigenvalue weighted by Gasteiger charge is -2.15. The van der Waals surface area contributed by atoms with Gasteiger partial charge in [-0.15, -0.1) is 0 Å². The Balaban J connectivity index is 1.89. The van der Waals surface area contributed by atoms with E-state index < -0.39 is 6.10 Å². The van der Waals surface area contributed by atoms with E-state index >= 15 is 0 Å². The Morgan fingerprint density at radius 2 is 2.22 bits per heavy atom. The second kappa shape index (κ2) is 6.48. The van der Waals surface area contributed by atoms with E-state index in [1.165, 1.54) is 0 Å². The third kappa shape index (κ3) is 4.21. The van der Waals surface area contributed by atoms with Crippen molar-refractivity contribution < 1.29 is 9.84 Å². The molecule has 100 valence electrons. The van der Waals surface area contributed by atoms with Gasteiger partial charge in [0, 0.05) is 11.0 Å². The molecule has 3 heteroatoms. The van der Waals surface area contributed by atoms with Crippen LogP contribution in [-0.2, 0) is 0 Å². The molecule has 1 aromatic rings. The minimum Gasteiger partial charge on any atom is -0.490 e. The van der Waals surface area contributed by atoms with Crippen LogP contribution in [0.25, 0.3) is 0 Å². The zero-order chi connectivity index (χ0) is 13.0. The number of hydrogen-bond acceptors (Lipinski definition) is 3. The summed E-state index contributed by atoms with van der Waals surface area (Å²) in [6.45, 7) is 4.37. The van der Waals surface area contributed by atoms with Crippen molar-refractivity contribution in [1.82, 2.24) is 0 Å². The summed E-state index contributed by atoms with van der Waals surface area (Å²) < 4.78 is 5.74. The summed E-state index contributed by atoms with van der Waals surface area (Å²) in [5.74, 6) is 1.64. The maximum atomic E-state index is 10.2. The van der Waals surface area contributed by atoms with E-state index in [1.807, 2.05) is 36.0 Å². The van der Waals surface area contributed by atoms with Gasteiger partial charge in [0.25, 0.3) is 0 Å².